The SMILES string of the molecule is CC1(C)c2ccccc2-c2ccc(N(C3=CC(C/C=C(\C=C(/N)c4cc(C(=O)O)c[nH]4)C(=O)O)N=C3)c3ccc4c(c3)C(C)(C)c3ccccc3-4)cc21. The standard InChI is InChI=1S/C45H40N4O4/c1-44(2)36-11-7-5-9-32(36)34-17-15-29(22-38(34)44)49(30-16-18-35-33-10-6-8-12-37(33)45(3,4)39(35)23-30)31-21-28(47-25-31)14-13-26(42(50)51)19-40(46)41-20-27(24-48-41)43(52)53/h5-13,15-25,28,48H,14,46H2,1-4H3,(H,50,51)(H,52,53)/b26-13+,40-19-. The number of hydrogen-bond acceptors (Lipinski definition) is 5. The van der Waals surface area contributed by atoms with Crippen LogP contribution in [-0.2, 0) is 15.6 Å². The van der Waals surface area contributed by atoms with E-state index in [0.29, 0.717) is 12.1 Å². The molecule has 53 heavy (non-hydrogen) atoms. The largest absolute Gasteiger partial charge is 0.478 e. The molecule has 2 aliphatic carbocycles. The van der Waals surface area contributed by atoms with Gasteiger partial charge < -0.3 is 25.8 Å². The van der Waals surface area contributed by atoms with Crippen LogP contribution in [0.5, 0.6) is 0 Å². The van der Waals surface area contributed by atoms with E-state index < -0.39 is 11.9 Å². The van der Waals surface area contributed by atoms with E-state index in [4.69, 9.17) is 10.7 Å². The van der Waals surface area contributed by atoms with Gasteiger partial charge in [-0.15, -0.1) is 0 Å². The number of hydrogen-bond donors (Lipinski definition) is 4. The van der Waals surface area contributed by atoms with E-state index in [1.807, 2.05) is 6.21 Å². The Balaban J connectivity index is 1.17. The van der Waals surface area contributed by atoms with Crippen LogP contribution in [-0.4, -0.2) is 39.4 Å². The molecule has 1 aromatic heterocycles. The Bertz CT molecular complexity index is 2370. The van der Waals surface area contributed by atoms with Gasteiger partial charge in [0, 0.05) is 34.6 Å². The molecule has 1 aliphatic heterocycles. The molecule has 3 aliphatic rings. The van der Waals surface area contributed by atoms with Crippen LogP contribution in [0.15, 0.2) is 132 Å². The molecule has 5 N–H and O–H groups in total. The van der Waals surface area contributed by atoms with Crippen LogP contribution in [0, 0.1) is 0 Å². The van der Waals surface area contributed by atoms with Crippen molar-refractivity contribution in [3.05, 3.63) is 160 Å². The first-order valence-electron chi connectivity index (χ1n) is 17.7. The number of anilines is 2. The van der Waals surface area contributed by atoms with Gasteiger partial charge in [0.15, 0.2) is 0 Å². The summed E-state index contributed by atoms with van der Waals surface area (Å²) in [7, 11) is 0. The average Bonchev–Trinajstić information content (AvgIpc) is 3.92. The van der Waals surface area contributed by atoms with E-state index in [9.17, 15) is 19.8 Å². The number of aliphatic imine (C=N–C) groups is 1. The number of nitrogens with two attached hydrogens (primary N) is 1. The van der Waals surface area contributed by atoms with Crippen LogP contribution >= 0.6 is 0 Å². The Morgan fingerprint density at radius 1 is 0.792 bits per heavy atom. The first-order chi connectivity index (χ1) is 25.3. The normalized spacial score (nSPS) is 17.5. The number of aromatic carboxylic acids is 1. The molecule has 1 atom stereocenters. The summed E-state index contributed by atoms with van der Waals surface area (Å²) in [6, 6.07) is 31.7. The Hall–Kier alpha value is -6.41. The Labute approximate surface area is 308 Å². The molecule has 0 saturated carbocycles. The first kappa shape index (κ1) is 33.7. The van der Waals surface area contributed by atoms with E-state index >= 15 is 0 Å². The predicted molar refractivity (Wildman–Crippen MR) is 211 cm³/mol. The average molecular weight is 701 g/mol. The van der Waals surface area contributed by atoms with Crippen molar-refractivity contribution in [1.29, 1.82) is 0 Å². The molecule has 0 radical (unpaired) electrons. The number of nitrogens with zero attached hydrogens (tertiary/aromatic N) is 2. The molecule has 5 aromatic rings. The second kappa shape index (κ2) is 12.4. The molecule has 8 heteroatoms. The summed E-state index contributed by atoms with van der Waals surface area (Å²) < 4.78 is 0. The van der Waals surface area contributed by atoms with Crippen LogP contribution in [0.2, 0.25) is 0 Å². The van der Waals surface area contributed by atoms with Crippen molar-refractivity contribution < 1.29 is 19.8 Å². The zero-order chi connectivity index (χ0) is 37.2. The molecule has 8 nitrogen and oxygen atoms in total. The maximum atomic E-state index is 12.2. The number of carbonyl (C=O) groups is 2. The van der Waals surface area contributed by atoms with Crippen LogP contribution in [0.25, 0.3) is 28.0 Å². The van der Waals surface area contributed by atoms with Crippen LogP contribution < -0.4 is 10.6 Å². The molecule has 2 heterocycles. The highest BCUT2D eigenvalue weighted by Crippen LogP contribution is 2.52. The van der Waals surface area contributed by atoms with Gasteiger partial charge in [-0.3, -0.25) is 4.99 Å². The molecule has 264 valence electrons. The second-order valence-corrected chi connectivity index (χ2v) is 15.0. The summed E-state index contributed by atoms with van der Waals surface area (Å²) in [4.78, 5) is 33.4. The van der Waals surface area contributed by atoms with E-state index in [2.05, 4.69) is 129 Å². The van der Waals surface area contributed by atoms with Gasteiger partial charge in [-0.1, -0.05) is 94.4 Å². The minimum Gasteiger partial charge on any atom is -0.478 e. The topological polar surface area (TPSA) is 132 Å². The number of carboxylic acid groups (broad SMARTS) is 2. The number of nitrogens with one attached hydrogen (secondary N) is 1. The number of carboxylic acids is 2. The maximum absolute atomic E-state index is 12.2. The van der Waals surface area contributed by atoms with Gasteiger partial charge in [-0.2, -0.15) is 0 Å². The van der Waals surface area contributed by atoms with Crippen LogP contribution in [0.4, 0.5) is 11.4 Å². The van der Waals surface area contributed by atoms with Crippen molar-refractivity contribution in [3.63, 3.8) is 0 Å². The van der Waals surface area contributed by atoms with E-state index in [1.165, 1.54) is 62.8 Å². The third kappa shape index (κ3) is 5.58. The molecular formula is C45H40N4O4. The maximum Gasteiger partial charge on any atom is 0.337 e. The van der Waals surface area contributed by atoms with E-state index in [1.54, 1.807) is 6.08 Å². The molecule has 4 aromatic carbocycles. The third-order valence-corrected chi connectivity index (χ3v) is 11.0. The Morgan fingerprint density at radius 2 is 1.34 bits per heavy atom. The molecule has 0 fully saturated rings. The smallest absolute Gasteiger partial charge is 0.337 e. The van der Waals surface area contributed by atoms with Crippen molar-refractivity contribution in [2.45, 2.75) is 51.0 Å². The Kier molecular flexibility index (Phi) is 7.87. The predicted octanol–water partition coefficient (Wildman–Crippen LogP) is 9.20. The van der Waals surface area contributed by atoms with Crippen molar-refractivity contribution in [3.8, 4) is 22.3 Å². The van der Waals surface area contributed by atoms with Crippen LogP contribution in [0.3, 0.4) is 0 Å². The van der Waals surface area contributed by atoms with Gasteiger partial charge in [0.05, 0.1) is 34.3 Å². The summed E-state index contributed by atoms with van der Waals surface area (Å²) >= 11 is 0. The molecule has 0 spiro atoms. The first-order valence-corrected chi connectivity index (χ1v) is 17.7. The van der Waals surface area contributed by atoms with Gasteiger partial charge in [0.25, 0.3) is 0 Å². The number of aromatic nitrogens is 1. The number of aliphatic carboxylic acids is 1. The third-order valence-electron chi connectivity index (χ3n) is 11.0. The highest BCUT2D eigenvalue weighted by molar-refractivity contribution is 5.95. The highest BCUT2D eigenvalue weighted by atomic mass is 16.4. The number of benzene rings is 4. The molecule has 8 rings (SSSR count). The van der Waals surface area contributed by atoms with Crippen LogP contribution in [0.1, 0.15) is 72.4 Å². The summed E-state index contributed by atoms with van der Waals surface area (Å²) in [5.74, 6) is -2.25. The second-order valence-electron chi connectivity index (χ2n) is 15.0. The zero-order valence-electron chi connectivity index (χ0n) is 30.0. The van der Waals surface area contributed by atoms with Crippen molar-refractivity contribution >= 4 is 35.2 Å². The van der Waals surface area contributed by atoms with Crippen molar-refractivity contribution in [1.82, 2.24) is 4.98 Å². The fraction of sp³-hybridized carbons (Fsp3) is 0.178. The number of rotatable bonds is 9. The van der Waals surface area contributed by atoms with Gasteiger partial charge in [-0.25, -0.2) is 9.59 Å². The van der Waals surface area contributed by atoms with Gasteiger partial charge in [0.1, 0.15) is 0 Å². The number of allylic oxidation sites excluding steroid dienone is 1. The molecular weight excluding hydrogens is 661 g/mol. The fourth-order valence-corrected chi connectivity index (χ4v) is 8.21. The summed E-state index contributed by atoms with van der Waals surface area (Å²) in [6.07, 6.45) is 8.53. The Morgan fingerprint density at radius 3 is 1.87 bits per heavy atom. The van der Waals surface area contributed by atoms with Gasteiger partial charge in [0.2, 0.25) is 0 Å². The number of aromatic amines is 1. The summed E-state index contributed by atoms with van der Waals surface area (Å²) in [6.45, 7) is 9.12. The zero-order valence-corrected chi connectivity index (χ0v) is 30.0. The quantitative estimate of drug-likeness (QED) is 0.0896. The summed E-state index contributed by atoms with van der Waals surface area (Å²) in [5, 5.41) is 19.3. The lowest BCUT2D eigenvalue weighted by Crippen LogP contribution is -2.20. The van der Waals surface area contributed by atoms with E-state index in [0.717, 1.165) is 17.1 Å². The minimum absolute atomic E-state index is 0.0104. The summed E-state index contributed by atoms with van der Waals surface area (Å²) in [5.41, 5.74) is 19.4. The highest BCUT2D eigenvalue weighted by Gasteiger charge is 2.38. The minimum atomic E-state index is -1.14. The lowest BCUT2D eigenvalue weighted by Gasteiger charge is -2.29. The van der Waals surface area contributed by atoms with E-state index in [-0.39, 0.29) is 33.7 Å². The lowest BCUT2D eigenvalue weighted by atomic mass is 9.82. The van der Waals surface area contributed by atoms with Gasteiger partial charge >= 0.3 is 11.9 Å². The lowest BCUT2D eigenvalue weighted by molar-refractivity contribution is -0.132. The fourth-order valence-electron chi connectivity index (χ4n) is 8.21. The number of fused-ring (bicyclic) bond motifs is 6. The van der Waals surface area contributed by atoms with Gasteiger partial charge in [-0.05, 0) is 93.4 Å². The van der Waals surface area contributed by atoms with Crippen molar-refractivity contribution in [2.24, 2.45) is 10.7 Å². The molecule has 1 unspecified atom stereocenters. The molecule has 0 saturated heterocycles. The molecule has 0 bridgehead atoms. The molecule has 0 amide bonds. The monoisotopic (exact) mass is 700 g/mol. The number of H-pyrrole nitrogens is 1. The van der Waals surface area contributed by atoms with Crippen molar-refractivity contribution in [2.75, 3.05) is 4.90 Å².